The number of unbranched alkanes of at least 4 members (excludes halogenated alkanes) is 1. The van der Waals surface area contributed by atoms with Crippen molar-refractivity contribution in [1.29, 1.82) is 5.41 Å². The lowest BCUT2D eigenvalue weighted by Crippen LogP contribution is -2.64. The summed E-state index contributed by atoms with van der Waals surface area (Å²) in [6, 6.07) is 1.45. The van der Waals surface area contributed by atoms with Gasteiger partial charge in [-0.15, -0.1) is 0 Å². The number of aromatic hydroxyl groups is 1. The zero-order chi connectivity index (χ0) is 37.3. The SMILES string of the molecule is N=C(N)NCCCC1NC(=O)[C@@H](CCCCNC(=O)CCS)NC(=O)[C@@H](Cc2ccc(O)cc2)NC(=O)C(O)(CC(=O)O)NC(=O)CNC1=O. The first kappa shape index (κ1) is 41.1. The second-order valence-corrected chi connectivity index (χ2v) is 12.0. The molecule has 276 valence electrons. The Labute approximate surface area is 293 Å². The van der Waals surface area contributed by atoms with E-state index in [1.165, 1.54) is 24.3 Å². The molecule has 1 aromatic rings. The predicted octanol–water partition coefficient (Wildman–Crippen LogP) is -3.33. The van der Waals surface area contributed by atoms with Gasteiger partial charge in [0, 0.05) is 25.9 Å². The average molecular weight is 724 g/mol. The van der Waals surface area contributed by atoms with Gasteiger partial charge in [-0.1, -0.05) is 12.1 Å². The lowest BCUT2D eigenvalue weighted by atomic mass is 10.0. The number of nitrogens with two attached hydrogens (primary N) is 1. The Bertz CT molecular complexity index is 1400. The zero-order valence-corrected chi connectivity index (χ0v) is 28.1. The fourth-order valence-corrected chi connectivity index (χ4v) is 5.03. The third-order valence-electron chi connectivity index (χ3n) is 7.38. The molecule has 0 saturated carbocycles. The van der Waals surface area contributed by atoms with E-state index in [0.29, 0.717) is 24.2 Å². The Morgan fingerprint density at radius 3 is 2.12 bits per heavy atom. The van der Waals surface area contributed by atoms with E-state index in [4.69, 9.17) is 11.1 Å². The zero-order valence-electron chi connectivity index (χ0n) is 27.3. The van der Waals surface area contributed by atoms with Crippen LogP contribution in [0.25, 0.3) is 0 Å². The van der Waals surface area contributed by atoms with Crippen LogP contribution in [0, 0.1) is 5.41 Å². The highest BCUT2D eigenvalue weighted by Gasteiger charge is 2.42. The number of aliphatic carboxylic acids is 1. The number of hydrogen-bond donors (Lipinski definition) is 13. The molecule has 0 aromatic heterocycles. The molecule has 1 aliphatic heterocycles. The van der Waals surface area contributed by atoms with Crippen LogP contribution in [0.2, 0.25) is 0 Å². The summed E-state index contributed by atoms with van der Waals surface area (Å²) in [6.45, 7) is -0.405. The van der Waals surface area contributed by atoms with Crippen LogP contribution in [0.4, 0.5) is 0 Å². The van der Waals surface area contributed by atoms with Crippen molar-refractivity contribution in [1.82, 2.24) is 37.2 Å². The number of carbonyl (C=O) groups excluding carboxylic acids is 6. The summed E-state index contributed by atoms with van der Waals surface area (Å²) >= 11 is 4.02. The second kappa shape index (κ2) is 20.4. The fourth-order valence-electron chi connectivity index (χ4n) is 4.82. The molecule has 1 fully saturated rings. The number of aliphatic hydroxyl groups is 1. The van der Waals surface area contributed by atoms with E-state index in [-0.39, 0.29) is 62.8 Å². The minimum Gasteiger partial charge on any atom is -0.508 e. The molecule has 1 saturated heterocycles. The summed E-state index contributed by atoms with van der Waals surface area (Å²) < 4.78 is 0. The lowest BCUT2D eigenvalue weighted by Gasteiger charge is -2.29. The van der Waals surface area contributed by atoms with Gasteiger partial charge in [-0.05, 0) is 55.6 Å². The van der Waals surface area contributed by atoms with Crippen LogP contribution >= 0.6 is 12.6 Å². The number of nitrogens with one attached hydrogen (secondary N) is 8. The largest absolute Gasteiger partial charge is 0.508 e. The second-order valence-electron chi connectivity index (χ2n) is 11.5. The first-order valence-corrected chi connectivity index (χ1v) is 16.4. The number of carboxylic acids is 1. The number of phenols is 1. The third kappa shape index (κ3) is 14.6. The molecule has 2 rings (SSSR count). The van der Waals surface area contributed by atoms with Gasteiger partial charge in [0.15, 0.2) is 5.96 Å². The molecule has 0 radical (unpaired) electrons. The highest BCUT2D eigenvalue weighted by molar-refractivity contribution is 7.80. The van der Waals surface area contributed by atoms with Crippen molar-refractivity contribution in [2.24, 2.45) is 5.73 Å². The van der Waals surface area contributed by atoms with Crippen LogP contribution in [-0.2, 0) is 40.0 Å². The van der Waals surface area contributed by atoms with E-state index in [2.05, 4.69) is 44.5 Å². The average Bonchev–Trinajstić information content (AvgIpc) is 3.04. The molecular formula is C30H45N9O10S. The number of phenolic OH excluding ortho intramolecular Hbond substituents is 1. The molecule has 50 heavy (non-hydrogen) atoms. The highest BCUT2D eigenvalue weighted by Crippen LogP contribution is 2.14. The summed E-state index contributed by atoms with van der Waals surface area (Å²) in [5.41, 5.74) is 2.66. The summed E-state index contributed by atoms with van der Waals surface area (Å²) in [5.74, 6) is -7.11. The summed E-state index contributed by atoms with van der Waals surface area (Å²) in [7, 11) is 0. The molecule has 0 bridgehead atoms. The van der Waals surface area contributed by atoms with E-state index >= 15 is 0 Å². The number of amides is 6. The van der Waals surface area contributed by atoms with Gasteiger partial charge in [-0.2, -0.15) is 12.6 Å². The van der Waals surface area contributed by atoms with Gasteiger partial charge in [0.25, 0.3) is 5.91 Å². The Kier molecular flexibility index (Phi) is 16.8. The molecule has 1 heterocycles. The molecule has 2 unspecified atom stereocenters. The van der Waals surface area contributed by atoms with Crippen LogP contribution in [0.5, 0.6) is 5.75 Å². The summed E-state index contributed by atoms with van der Waals surface area (Å²) in [6.07, 6.45) is -0.414. The Balaban J connectivity index is 2.47. The maximum absolute atomic E-state index is 13.8. The third-order valence-corrected chi connectivity index (χ3v) is 7.61. The normalized spacial score (nSPS) is 22.0. The minimum atomic E-state index is -3.07. The Hall–Kier alpha value is -5.11. The number of hydrogen-bond acceptors (Lipinski definition) is 11. The van der Waals surface area contributed by atoms with E-state index in [1.807, 2.05) is 5.32 Å². The van der Waals surface area contributed by atoms with Crippen LogP contribution in [0.15, 0.2) is 24.3 Å². The van der Waals surface area contributed by atoms with E-state index < -0.39 is 72.3 Å². The topological polar surface area (TPSA) is 314 Å². The van der Waals surface area contributed by atoms with E-state index in [9.17, 15) is 48.9 Å². The van der Waals surface area contributed by atoms with Crippen molar-refractivity contribution in [2.75, 3.05) is 25.4 Å². The highest BCUT2D eigenvalue weighted by atomic mass is 32.1. The number of guanidine groups is 1. The first-order chi connectivity index (χ1) is 23.6. The molecule has 0 aliphatic carbocycles. The molecule has 1 aromatic carbocycles. The fraction of sp³-hybridized carbons (Fsp3) is 0.533. The van der Waals surface area contributed by atoms with Crippen LogP contribution in [0.1, 0.15) is 50.5 Å². The van der Waals surface area contributed by atoms with Crippen molar-refractivity contribution in [3.05, 3.63) is 29.8 Å². The molecule has 1 aliphatic rings. The van der Waals surface area contributed by atoms with Crippen molar-refractivity contribution in [3.8, 4) is 5.75 Å². The molecular weight excluding hydrogens is 678 g/mol. The number of thiol groups is 1. The molecule has 6 amide bonds. The molecule has 13 N–H and O–H groups in total. The minimum absolute atomic E-state index is 0.0101. The van der Waals surface area contributed by atoms with Gasteiger partial charge >= 0.3 is 5.97 Å². The lowest BCUT2D eigenvalue weighted by molar-refractivity contribution is -0.159. The Morgan fingerprint density at radius 1 is 0.900 bits per heavy atom. The quantitative estimate of drug-likeness (QED) is 0.0366. The van der Waals surface area contributed by atoms with Crippen LogP contribution in [0.3, 0.4) is 0 Å². The van der Waals surface area contributed by atoms with Gasteiger partial charge in [-0.25, -0.2) is 0 Å². The van der Waals surface area contributed by atoms with Gasteiger partial charge in [-0.3, -0.25) is 39.0 Å². The summed E-state index contributed by atoms with van der Waals surface area (Å²) in [4.78, 5) is 90.1. The predicted molar refractivity (Wildman–Crippen MR) is 180 cm³/mol. The molecule has 0 spiro atoms. The number of carbonyl (C=O) groups is 7. The van der Waals surface area contributed by atoms with Crippen molar-refractivity contribution >= 4 is 60.0 Å². The maximum atomic E-state index is 13.8. The number of benzene rings is 1. The number of carboxylic acid groups (broad SMARTS) is 1. The van der Waals surface area contributed by atoms with Crippen molar-refractivity contribution < 1.29 is 48.9 Å². The van der Waals surface area contributed by atoms with Crippen molar-refractivity contribution in [2.45, 2.75) is 75.2 Å². The van der Waals surface area contributed by atoms with Gasteiger partial charge < -0.3 is 58.3 Å². The first-order valence-electron chi connectivity index (χ1n) is 15.8. The monoisotopic (exact) mass is 723 g/mol. The molecule has 20 heteroatoms. The van der Waals surface area contributed by atoms with Crippen LogP contribution in [-0.4, -0.2) is 112 Å². The smallest absolute Gasteiger partial charge is 0.308 e. The van der Waals surface area contributed by atoms with Gasteiger partial charge in [0.1, 0.15) is 30.3 Å². The molecule has 4 atom stereocenters. The molecule has 19 nitrogen and oxygen atoms in total. The summed E-state index contributed by atoms with van der Waals surface area (Å²) in [5, 5.41) is 54.3. The van der Waals surface area contributed by atoms with Crippen LogP contribution < -0.4 is 43.0 Å². The maximum Gasteiger partial charge on any atom is 0.308 e. The number of rotatable bonds is 15. The standard InChI is InChI=1S/C30H45N9O10S/c31-29(32)34-12-3-5-19-25(45)35-16-23(42)39-30(49,15-24(43)44)28(48)38-21(14-17-6-8-18(40)9-7-17)27(47)37-20(26(46)36-19)4-1-2-11-33-22(41)10-13-50/h6-9,19-21,40,49-50H,1-5,10-16H2,(H,33,41)(H,35,45)(H,36,46)(H,37,47)(H,38,48)(H,39,42)(H,43,44)(H4,31,32,34)/t19?,20-,21-,30?/m1/s1. The van der Waals surface area contributed by atoms with E-state index in [1.54, 1.807) is 0 Å². The van der Waals surface area contributed by atoms with Crippen molar-refractivity contribution in [3.63, 3.8) is 0 Å². The Morgan fingerprint density at radius 2 is 1.50 bits per heavy atom. The van der Waals surface area contributed by atoms with Gasteiger partial charge in [0.2, 0.25) is 35.3 Å². The van der Waals surface area contributed by atoms with E-state index in [0.717, 1.165) is 0 Å². The van der Waals surface area contributed by atoms with Gasteiger partial charge in [0.05, 0.1) is 6.54 Å².